The average Bonchev–Trinajstić information content (AvgIpc) is 3.44. The van der Waals surface area contributed by atoms with E-state index >= 15 is 0 Å². The number of carbonyl (C=O) groups is 1. The van der Waals surface area contributed by atoms with Gasteiger partial charge in [0.15, 0.2) is 0 Å². The van der Waals surface area contributed by atoms with Crippen molar-refractivity contribution in [2.45, 2.75) is 37.9 Å². The van der Waals surface area contributed by atoms with Gasteiger partial charge in [0.25, 0.3) is 0 Å². The number of morpholine rings is 1. The zero-order valence-corrected chi connectivity index (χ0v) is 19.0. The fourth-order valence-electron chi connectivity index (χ4n) is 5.55. The summed E-state index contributed by atoms with van der Waals surface area (Å²) in [6.45, 7) is 9.60. The number of rotatable bonds is 7. The number of benzene rings is 1. The Morgan fingerprint density at radius 1 is 1.03 bits per heavy atom. The maximum Gasteiger partial charge on any atom is 0.241 e. The molecule has 0 bridgehead atoms. The molecule has 3 aliphatic heterocycles. The summed E-state index contributed by atoms with van der Waals surface area (Å²) in [7, 11) is 0. The van der Waals surface area contributed by atoms with E-state index in [1.807, 2.05) is 11.0 Å². The lowest BCUT2D eigenvalue weighted by molar-refractivity contribution is -0.136. The van der Waals surface area contributed by atoms with Crippen LogP contribution in [0.1, 0.15) is 24.8 Å². The molecule has 0 spiro atoms. The van der Waals surface area contributed by atoms with Crippen LogP contribution in [0.3, 0.4) is 0 Å². The van der Waals surface area contributed by atoms with Gasteiger partial charge < -0.3 is 14.4 Å². The lowest BCUT2D eigenvalue weighted by Crippen LogP contribution is -2.55. The first kappa shape index (κ1) is 22.1. The molecular formula is C24H37N5O3. The van der Waals surface area contributed by atoms with Crippen LogP contribution in [0.25, 0.3) is 0 Å². The summed E-state index contributed by atoms with van der Waals surface area (Å²) in [4.78, 5) is 19.9. The molecule has 2 N–H and O–H groups in total. The molecule has 1 amide bonds. The zero-order valence-electron chi connectivity index (χ0n) is 19.0. The van der Waals surface area contributed by atoms with Crippen LogP contribution in [0.5, 0.6) is 5.75 Å². The number of hydrazine groups is 1. The molecule has 3 heterocycles. The Kier molecular flexibility index (Phi) is 7.24. The van der Waals surface area contributed by atoms with Crippen molar-refractivity contribution >= 4 is 5.91 Å². The predicted molar refractivity (Wildman–Crippen MR) is 122 cm³/mol. The normalized spacial score (nSPS) is 29.2. The van der Waals surface area contributed by atoms with E-state index in [0.717, 1.165) is 77.7 Å². The Hall–Kier alpha value is -1.71. The lowest BCUT2D eigenvalue weighted by atomic mass is 9.96. The number of fused-ring (bicyclic) bond motifs is 1. The van der Waals surface area contributed by atoms with Crippen LogP contribution in [-0.4, -0.2) is 98.3 Å². The summed E-state index contributed by atoms with van der Waals surface area (Å²) in [6.07, 6.45) is 3.58. The van der Waals surface area contributed by atoms with Gasteiger partial charge in [-0.05, 0) is 30.5 Å². The summed E-state index contributed by atoms with van der Waals surface area (Å²) in [5, 5.41) is 0. The highest BCUT2D eigenvalue weighted by atomic mass is 16.5. The molecule has 0 aromatic heterocycles. The Morgan fingerprint density at radius 3 is 2.72 bits per heavy atom. The van der Waals surface area contributed by atoms with Crippen molar-refractivity contribution in [1.29, 1.82) is 0 Å². The molecule has 8 heteroatoms. The van der Waals surface area contributed by atoms with E-state index in [2.05, 4.69) is 38.9 Å². The van der Waals surface area contributed by atoms with Gasteiger partial charge in [0.05, 0.1) is 13.2 Å². The van der Waals surface area contributed by atoms with Gasteiger partial charge in [-0.2, -0.15) is 0 Å². The second-order valence-electron chi connectivity index (χ2n) is 9.52. The Bertz CT molecular complexity index is 764. The van der Waals surface area contributed by atoms with Crippen molar-refractivity contribution in [2.75, 3.05) is 65.6 Å². The van der Waals surface area contributed by atoms with Crippen molar-refractivity contribution in [3.63, 3.8) is 0 Å². The van der Waals surface area contributed by atoms with Crippen molar-refractivity contribution < 1.29 is 14.3 Å². The minimum Gasteiger partial charge on any atom is -0.492 e. The number of ether oxygens (including phenoxy) is 2. The Morgan fingerprint density at radius 2 is 1.88 bits per heavy atom. The van der Waals surface area contributed by atoms with E-state index in [9.17, 15) is 4.79 Å². The molecule has 8 nitrogen and oxygen atoms in total. The first-order valence-corrected chi connectivity index (χ1v) is 12.3. The molecule has 1 aromatic carbocycles. The SMILES string of the molecule is O=C(C1NNC2CCCC21)N1CCN(CCOc2cccc(CN3CCOCC3)c2)CC1. The fourth-order valence-corrected chi connectivity index (χ4v) is 5.55. The topological polar surface area (TPSA) is 69.3 Å². The van der Waals surface area contributed by atoms with Crippen molar-refractivity contribution in [3.05, 3.63) is 29.8 Å². The van der Waals surface area contributed by atoms with Crippen molar-refractivity contribution in [3.8, 4) is 5.75 Å². The van der Waals surface area contributed by atoms with Gasteiger partial charge in [-0.3, -0.25) is 20.0 Å². The van der Waals surface area contributed by atoms with E-state index in [1.54, 1.807) is 0 Å². The third kappa shape index (κ3) is 5.26. The van der Waals surface area contributed by atoms with Gasteiger partial charge in [0, 0.05) is 64.3 Å². The zero-order chi connectivity index (χ0) is 21.8. The largest absolute Gasteiger partial charge is 0.492 e. The van der Waals surface area contributed by atoms with Crippen LogP contribution >= 0.6 is 0 Å². The quantitative estimate of drug-likeness (QED) is 0.643. The summed E-state index contributed by atoms with van der Waals surface area (Å²) >= 11 is 0. The second kappa shape index (κ2) is 10.5. The molecule has 32 heavy (non-hydrogen) atoms. The minimum atomic E-state index is -0.0397. The number of carbonyl (C=O) groups excluding carboxylic acids is 1. The maximum absolute atomic E-state index is 13.0. The Balaban J connectivity index is 1.02. The van der Waals surface area contributed by atoms with E-state index in [0.29, 0.717) is 18.6 Å². The number of nitrogens with zero attached hydrogens (tertiary/aromatic N) is 3. The Labute approximate surface area is 191 Å². The molecule has 1 aliphatic carbocycles. The van der Waals surface area contributed by atoms with Crippen LogP contribution in [0.15, 0.2) is 24.3 Å². The second-order valence-corrected chi connectivity index (χ2v) is 9.52. The third-order valence-corrected chi connectivity index (χ3v) is 7.46. The molecular weight excluding hydrogens is 406 g/mol. The third-order valence-electron chi connectivity index (χ3n) is 7.46. The number of hydrogen-bond acceptors (Lipinski definition) is 7. The average molecular weight is 444 g/mol. The molecule has 0 radical (unpaired) electrons. The smallest absolute Gasteiger partial charge is 0.241 e. The first-order valence-electron chi connectivity index (χ1n) is 12.3. The molecule has 3 unspecified atom stereocenters. The maximum atomic E-state index is 13.0. The van der Waals surface area contributed by atoms with Crippen molar-refractivity contribution in [1.82, 2.24) is 25.6 Å². The molecule has 1 aromatic rings. The lowest BCUT2D eigenvalue weighted by Gasteiger charge is -2.36. The number of piperazine rings is 1. The van der Waals surface area contributed by atoms with Crippen LogP contribution in [0.4, 0.5) is 0 Å². The highest BCUT2D eigenvalue weighted by Crippen LogP contribution is 2.32. The van der Waals surface area contributed by atoms with E-state index in [4.69, 9.17) is 9.47 Å². The standard InChI is InChI=1S/C24H37N5O3/c30-24(23-21-5-2-6-22(21)25-26-23)29-9-7-27(8-10-29)13-16-32-20-4-1-3-19(17-20)18-28-11-14-31-15-12-28/h1,3-4,17,21-23,25-26H,2,5-16,18H2. The van der Waals surface area contributed by atoms with E-state index in [1.165, 1.54) is 18.4 Å². The van der Waals surface area contributed by atoms with Gasteiger partial charge in [-0.15, -0.1) is 0 Å². The molecule has 1 saturated carbocycles. The predicted octanol–water partition coefficient (Wildman–Crippen LogP) is 0.687. The van der Waals surface area contributed by atoms with Gasteiger partial charge >= 0.3 is 0 Å². The molecule has 5 rings (SSSR count). The monoisotopic (exact) mass is 443 g/mol. The highest BCUT2D eigenvalue weighted by molar-refractivity contribution is 5.82. The summed E-state index contributed by atoms with van der Waals surface area (Å²) < 4.78 is 11.5. The summed E-state index contributed by atoms with van der Waals surface area (Å²) in [5.41, 5.74) is 7.89. The van der Waals surface area contributed by atoms with Crippen LogP contribution in [0.2, 0.25) is 0 Å². The molecule has 176 valence electrons. The van der Waals surface area contributed by atoms with Crippen LogP contribution in [0, 0.1) is 5.92 Å². The minimum absolute atomic E-state index is 0.0397. The fraction of sp³-hybridized carbons (Fsp3) is 0.708. The van der Waals surface area contributed by atoms with E-state index in [-0.39, 0.29) is 11.9 Å². The number of hydrogen-bond donors (Lipinski definition) is 2. The van der Waals surface area contributed by atoms with Crippen LogP contribution < -0.4 is 15.6 Å². The van der Waals surface area contributed by atoms with Crippen LogP contribution in [-0.2, 0) is 16.1 Å². The number of nitrogens with one attached hydrogen (secondary N) is 2. The molecule has 4 aliphatic rings. The first-order chi connectivity index (χ1) is 15.8. The van der Waals surface area contributed by atoms with Gasteiger partial charge in [-0.1, -0.05) is 18.6 Å². The molecule has 3 saturated heterocycles. The van der Waals surface area contributed by atoms with E-state index < -0.39 is 0 Å². The molecule has 4 fully saturated rings. The molecule has 3 atom stereocenters. The van der Waals surface area contributed by atoms with Gasteiger partial charge in [-0.25, -0.2) is 5.43 Å². The summed E-state index contributed by atoms with van der Waals surface area (Å²) in [6, 6.07) is 8.89. The highest BCUT2D eigenvalue weighted by Gasteiger charge is 2.44. The van der Waals surface area contributed by atoms with Crippen molar-refractivity contribution in [2.24, 2.45) is 5.92 Å². The number of amides is 1. The summed E-state index contributed by atoms with van der Waals surface area (Å²) in [5.74, 6) is 1.68. The van der Waals surface area contributed by atoms with Gasteiger partial charge in [0.1, 0.15) is 18.4 Å². The van der Waals surface area contributed by atoms with Gasteiger partial charge in [0.2, 0.25) is 5.91 Å².